The van der Waals surface area contributed by atoms with E-state index in [2.05, 4.69) is 17.3 Å². The van der Waals surface area contributed by atoms with Gasteiger partial charge in [-0.15, -0.1) is 0 Å². The largest absolute Gasteiger partial charge is 0.497 e. The molecule has 0 aliphatic carbocycles. The number of nitrogens with one attached hydrogen (secondary N) is 1. The Morgan fingerprint density at radius 2 is 1.82 bits per heavy atom. The number of hydrogen-bond acceptors (Lipinski definition) is 5. The molecular weight excluding hydrogens is 418 g/mol. The number of nitrogens with zero attached hydrogens (tertiary/aromatic N) is 2. The Hall–Kier alpha value is -2.90. The summed E-state index contributed by atoms with van der Waals surface area (Å²) in [6, 6.07) is 15.6. The molecule has 0 aromatic heterocycles. The van der Waals surface area contributed by atoms with E-state index < -0.39 is 5.41 Å². The van der Waals surface area contributed by atoms with Gasteiger partial charge < -0.3 is 19.7 Å². The lowest BCUT2D eigenvalue weighted by Gasteiger charge is -2.45. The number of hydrogen-bond donors (Lipinski definition) is 1. The lowest BCUT2D eigenvalue weighted by Crippen LogP contribution is -2.56. The van der Waals surface area contributed by atoms with Crippen molar-refractivity contribution in [1.82, 2.24) is 15.1 Å². The number of carbonyl (C=O) groups excluding carboxylic acids is 2. The summed E-state index contributed by atoms with van der Waals surface area (Å²) in [6.07, 6.45) is 1.34. The molecule has 33 heavy (non-hydrogen) atoms. The zero-order valence-corrected chi connectivity index (χ0v) is 19.7. The number of rotatable bonds is 5. The van der Waals surface area contributed by atoms with E-state index in [0.29, 0.717) is 44.7 Å². The molecule has 2 aliphatic heterocycles. The standard InChI is InChI=1S/C26H33N3O4/c1-27-24(30)20-6-4-5-19(17-20)23-18-29(14-13-28(23)2)25(31)26(11-15-33-16-12-26)21-7-9-22(32-3)10-8-21/h4-10,17,23H,11-16,18H2,1-3H3,(H,27,30). The molecule has 0 radical (unpaired) electrons. The Morgan fingerprint density at radius 1 is 1.09 bits per heavy atom. The maximum Gasteiger partial charge on any atom is 0.251 e. The van der Waals surface area contributed by atoms with Gasteiger partial charge in [-0.1, -0.05) is 24.3 Å². The van der Waals surface area contributed by atoms with Gasteiger partial charge in [0.1, 0.15) is 5.75 Å². The molecular formula is C26H33N3O4. The molecule has 2 aromatic carbocycles. The van der Waals surface area contributed by atoms with E-state index in [1.54, 1.807) is 14.2 Å². The van der Waals surface area contributed by atoms with Crippen LogP contribution in [0.25, 0.3) is 0 Å². The van der Waals surface area contributed by atoms with Gasteiger partial charge in [0.25, 0.3) is 5.91 Å². The minimum absolute atomic E-state index is 0.0278. The van der Waals surface area contributed by atoms with Crippen molar-refractivity contribution in [2.45, 2.75) is 24.3 Å². The molecule has 0 bridgehead atoms. The van der Waals surface area contributed by atoms with Gasteiger partial charge in [0.2, 0.25) is 5.91 Å². The van der Waals surface area contributed by atoms with Crippen molar-refractivity contribution in [3.05, 3.63) is 65.2 Å². The Morgan fingerprint density at radius 3 is 2.48 bits per heavy atom. The first-order valence-corrected chi connectivity index (χ1v) is 11.5. The van der Waals surface area contributed by atoms with Crippen LogP contribution in [0.5, 0.6) is 5.75 Å². The third kappa shape index (κ3) is 4.61. The number of benzene rings is 2. The number of piperazine rings is 1. The number of carbonyl (C=O) groups is 2. The van der Waals surface area contributed by atoms with Crippen molar-refractivity contribution < 1.29 is 19.1 Å². The minimum atomic E-state index is -0.588. The normalized spacial score (nSPS) is 20.8. The SMILES string of the molecule is CNC(=O)c1cccc(C2CN(C(=O)C3(c4ccc(OC)cc4)CCOCC3)CCN2C)c1. The van der Waals surface area contributed by atoms with E-state index in [4.69, 9.17) is 9.47 Å². The van der Waals surface area contributed by atoms with Crippen LogP contribution in [0.2, 0.25) is 0 Å². The molecule has 0 spiro atoms. The summed E-state index contributed by atoms with van der Waals surface area (Å²) in [4.78, 5) is 30.5. The van der Waals surface area contributed by atoms with Crippen LogP contribution in [0.3, 0.4) is 0 Å². The summed E-state index contributed by atoms with van der Waals surface area (Å²) < 4.78 is 11.0. The molecule has 2 saturated heterocycles. The molecule has 176 valence electrons. The summed E-state index contributed by atoms with van der Waals surface area (Å²) in [5.41, 5.74) is 2.11. The summed E-state index contributed by atoms with van der Waals surface area (Å²) >= 11 is 0. The van der Waals surface area contributed by atoms with E-state index in [1.165, 1.54) is 0 Å². The number of methoxy groups -OCH3 is 1. The van der Waals surface area contributed by atoms with Crippen LogP contribution in [-0.2, 0) is 14.9 Å². The summed E-state index contributed by atoms with van der Waals surface area (Å²) in [5, 5.41) is 2.69. The van der Waals surface area contributed by atoms with Gasteiger partial charge in [0.15, 0.2) is 0 Å². The predicted molar refractivity (Wildman–Crippen MR) is 127 cm³/mol. The van der Waals surface area contributed by atoms with Crippen molar-refractivity contribution in [3.8, 4) is 5.75 Å². The third-order valence-electron chi connectivity index (χ3n) is 7.09. The number of ether oxygens (including phenoxy) is 2. The molecule has 1 N–H and O–H groups in total. The zero-order chi connectivity index (χ0) is 23.4. The average molecular weight is 452 g/mol. The van der Waals surface area contributed by atoms with E-state index in [0.717, 1.165) is 23.4 Å². The molecule has 2 aliphatic rings. The van der Waals surface area contributed by atoms with Crippen molar-refractivity contribution in [2.75, 3.05) is 54.1 Å². The highest BCUT2D eigenvalue weighted by molar-refractivity contribution is 5.94. The number of amides is 2. The van der Waals surface area contributed by atoms with Crippen LogP contribution in [0.15, 0.2) is 48.5 Å². The fourth-order valence-corrected chi connectivity index (χ4v) is 5.01. The first-order chi connectivity index (χ1) is 16.0. The van der Waals surface area contributed by atoms with Crippen LogP contribution in [0.1, 0.15) is 40.4 Å². The highest BCUT2D eigenvalue weighted by Crippen LogP contribution is 2.39. The van der Waals surface area contributed by atoms with E-state index in [1.807, 2.05) is 53.4 Å². The Kier molecular flexibility index (Phi) is 7.00. The Bertz CT molecular complexity index is 985. The predicted octanol–water partition coefficient (Wildman–Crippen LogP) is 2.62. The smallest absolute Gasteiger partial charge is 0.251 e. The highest BCUT2D eigenvalue weighted by atomic mass is 16.5. The maximum atomic E-state index is 14.1. The fraction of sp³-hybridized carbons (Fsp3) is 0.462. The molecule has 2 heterocycles. The lowest BCUT2D eigenvalue weighted by molar-refractivity contribution is -0.144. The second-order valence-corrected chi connectivity index (χ2v) is 8.88. The number of likely N-dealkylation sites (N-methyl/N-ethyl adjacent to an activating group) is 1. The van der Waals surface area contributed by atoms with Crippen LogP contribution in [0.4, 0.5) is 0 Å². The molecule has 7 heteroatoms. The monoisotopic (exact) mass is 451 g/mol. The van der Waals surface area contributed by atoms with E-state index in [-0.39, 0.29) is 17.9 Å². The van der Waals surface area contributed by atoms with Gasteiger partial charge in [-0.05, 0) is 55.3 Å². The van der Waals surface area contributed by atoms with Gasteiger partial charge in [-0.2, -0.15) is 0 Å². The van der Waals surface area contributed by atoms with Crippen molar-refractivity contribution in [2.24, 2.45) is 0 Å². The van der Waals surface area contributed by atoms with Gasteiger partial charge in [-0.3, -0.25) is 14.5 Å². The van der Waals surface area contributed by atoms with Gasteiger partial charge >= 0.3 is 0 Å². The van der Waals surface area contributed by atoms with Crippen LogP contribution in [0, 0.1) is 0 Å². The van der Waals surface area contributed by atoms with Crippen molar-refractivity contribution >= 4 is 11.8 Å². The topological polar surface area (TPSA) is 71.1 Å². The summed E-state index contributed by atoms with van der Waals surface area (Å²) in [5.74, 6) is 0.837. The molecule has 7 nitrogen and oxygen atoms in total. The van der Waals surface area contributed by atoms with Crippen molar-refractivity contribution in [1.29, 1.82) is 0 Å². The second-order valence-electron chi connectivity index (χ2n) is 8.88. The van der Waals surface area contributed by atoms with E-state index >= 15 is 0 Å². The Labute approximate surface area is 195 Å². The molecule has 0 saturated carbocycles. The molecule has 1 atom stereocenters. The maximum absolute atomic E-state index is 14.1. The van der Waals surface area contributed by atoms with Gasteiger partial charge in [0, 0.05) is 45.5 Å². The van der Waals surface area contributed by atoms with Gasteiger partial charge in [-0.25, -0.2) is 0 Å². The van der Waals surface area contributed by atoms with Crippen LogP contribution < -0.4 is 10.1 Å². The molecule has 2 fully saturated rings. The first-order valence-electron chi connectivity index (χ1n) is 11.5. The third-order valence-corrected chi connectivity index (χ3v) is 7.09. The second kappa shape index (κ2) is 9.93. The average Bonchev–Trinajstić information content (AvgIpc) is 2.88. The van der Waals surface area contributed by atoms with Crippen LogP contribution in [-0.4, -0.2) is 75.7 Å². The first kappa shape index (κ1) is 23.3. The summed E-state index contributed by atoms with van der Waals surface area (Å²) in [6.45, 7) is 3.19. The molecule has 1 unspecified atom stereocenters. The zero-order valence-electron chi connectivity index (χ0n) is 19.7. The Balaban J connectivity index is 1.61. The van der Waals surface area contributed by atoms with Crippen molar-refractivity contribution in [3.63, 3.8) is 0 Å². The quantitative estimate of drug-likeness (QED) is 0.757. The summed E-state index contributed by atoms with van der Waals surface area (Å²) in [7, 11) is 5.36. The minimum Gasteiger partial charge on any atom is -0.497 e. The van der Waals surface area contributed by atoms with Gasteiger partial charge in [0.05, 0.1) is 18.6 Å². The lowest BCUT2D eigenvalue weighted by atomic mass is 9.72. The molecule has 2 aromatic rings. The molecule has 2 amide bonds. The fourth-order valence-electron chi connectivity index (χ4n) is 5.01. The highest BCUT2D eigenvalue weighted by Gasteiger charge is 2.45. The van der Waals surface area contributed by atoms with E-state index in [9.17, 15) is 9.59 Å². The molecule has 4 rings (SSSR count). The van der Waals surface area contributed by atoms with Crippen LogP contribution >= 0.6 is 0 Å².